The summed E-state index contributed by atoms with van der Waals surface area (Å²) in [5.74, 6) is -1.08. The second-order valence-corrected chi connectivity index (χ2v) is 8.05. The van der Waals surface area contributed by atoms with Crippen LogP contribution < -0.4 is 0 Å². The maximum absolute atomic E-state index is 13.1. The van der Waals surface area contributed by atoms with E-state index in [1.807, 2.05) is 4.57 Å². The molecular weight excluding hydrogens is 375 g/mol. The number of halogens is 2. The van der Waals surface area contributed by atoms with Crippen LogP contribution in [0.3, 0.4) is 0 Å². The highest BCUT2D eigenvalue weighted by molar-refractivity contribution is 7.89. The van der Waals surface area contributed by atoms with Gasteiger partial charge in [-0.3, -0.25) is 4.79 Å². The molecule has 0 spiro atoms. The number of fused-ring (bicyclic) bond motifs is 1. The van der Waals surface area contributed by atoms with Crippen molar-refractivity contribution in [2.75, 3.05) is 6.54 Å². The molecule has 0 fully saturated rings. The van der Waals surface area contributed by atoms with Gasteiger partial charge in [0, 0.05) is 25.0 Å². The number of carbonyl (C=O) groups is 1. The first-order chi connectivity index (χ1) is 11.3. The predicted molar refractivity (Wildman–Crippen MR) is 89.8 cm³/mol. The fourth-order valence-electron chi connectivity index (χ4n) is 2.91. The molecule has 128 valence electrons. The minimum absolute atomic E-state index is 0.0609. The Balaban J connectivity index is 2.09. The van der Waals surface area contributed by atoms with Gasteiger partial charge in [0.2, 0.25) is 10.0 Å². The van der Waals surface area contributed by atoms with E-state index in [1.165, 1.54) is 22.5 Å². The SMILES string of the molecule is O=C(O)CC1c2cccn2CCN1S(=O)(=O)c1cccc(Cl)c1Cl. The van der Waals surface area contributed by atoms with Gasteiger partial charge in [0.15, 0.2) is 0 Å². The topological polar surface area (TPSA) is 79.6 Å². The van der Waals surface area contributed by atoms with Crippen LogP contribution in [0.4, 0.5) is 0 Å². The first-order valence-electron chi connectivity index (χ1n) is 7.15. The van der Waals surface area contributed by atoms with E-state index in [0.717, 1.165) is 0 Å². The molecule has 0 amide bonds. The minimum atomic E-state index is -3.99. The van der Waals surface area contributed by atoms with Crippen molar-refractivity contribution >= 4 is 39.2 Å². The largest absolute Gasteiger partial charge is 0.481 e. The van der Waals surface area contributed by atoms with E-state index in [-0.39, 0.29) is 27.9 Å². The Morgan fingerprint density at radius 3 is 2.67 bits per heavy atom. The Hall–Kier alpha value is -1.54. The molecule has 1 aromatic carbocycles. The van der Waals surface area contributed by atoms with Gasteiger partial charge in [0.25, 0.3) is 0 Å². The van der Waals surface area contributed by atoms with E-state index in [2.05, 4.69) is 0 Å². The Morgan fingerprint density at radius 1 is 1.21 bits per heavy atom. The molecule has 9 heteroatoms. The predicted octanol–water partition coefficient (Wildman–Crippen LogP) is 3.02. The van der Waals surface area contributed by atoms with Crippen molar-refractivity contribution in [3.8, 4) is 0 Å². The molecule has 0 saturated heterocycles. The lowest BCUT2D eigenvalue weighted by molar-refractivity contribution is -0.138. The van der Waals surface area contributed by atoms with Crippen molar-refractivity contribution in [2.45, 2.75) is 23.9 Å². The van der Waals surface area contributed by atoms with Gasteiger partial charge in [0.1, 0.15) is 4.90 Å². The molecule has 1 aromatic heterocycles. The molecule has 1 atom stereocenters. The summed E-state index contributed by atoms with van der Waals surface area (Å²) in [6.45, 7) is 0.598. The number of nitrogens with zero attached hydrogens (tertiary/aromatic N) is 2. The molecule has 6 nitrogen and oxygen atoms in total. The Kier molecular flexibility index (Phi) is 4.61. The van der Waals surface area contributed by atoms with Gasteiger partial charge in [-0.2, -0.15) is 4.31 Å². The highest BCUT2D eigenvalue weighted by Crippen LogP contribution is 2.37. The zero-order valence-electron chi connectivity index (χ0n) is 12.4. The zero-order chi connectivity index (χ0) is 17.5. The van der Waals surface area contributed by atoms with Crippen LogP contribution in [-0.4, -0.2) is 34.9 Å². The number of aromatic nitrogens is 1. The van der Waals surface area contributed by atoms with E-state index in [4.69, 9.17) is 23.2 Å². The average Bonchev–Trinajstić information content (AvgIpc) is 2.98. The lowest BCUT2D eigenvalue weighted by atomic mass is 10.1. The molecule has 0 radical (unpaired) electrons. The molecule has 1 N–H and O–H groups in total. The number of sulfonamides is 1. The van der Waals surface area contributed by atoms with Crippen LogP contribution in [0, 0.1) is 0 Å². The van der Waals surface area contributed by atoms with E-state index in [9.17, 15) is 18.3 Å². The Labute approximate surface area is 149 Å². The molecule has 3 rings (SSSR count). The standard InChI is InChI=1S/C15H14Cl2N2O4S/c16-10-3-1-5-13(15(10)17)24(22,23)19-8-7-18-6-2-4-11(18)12(19)9-14(20)21/h1-6,12H,7-9H2,(H,20,21). The molecule has 0 saturated carbocycles. The molecule has 0 aliphatic carbocycles. The highest BCUT2D eigenvalue weighted by Gasteiger charge is 2.38. The summed E-state index contributed by atoms with van der Waals surface area (Å²) in [4.78, 5) is 11.1. The monoisotopic (exact) mass is 388 g/mol. The van der Waals surface area contributed by atoms with Crippen LogP contribution in [0.5, 0.6) is 0 Å². The van der Waals surface area contributed by atoms with Crippen molar-refractivity contribution in [1.82, 2.24) is 8.87 Å². The first kappa shape index (κ1) is 17.3. The van der Waals surface area contributed by atoms with Gasteiger partial charge in [-0.1, -0.05) is 29.3 Å². The summed E-state index contributed by atoms with van der Waals surface area (Å²) < 4.78 is 29.2. The number of hydrogen-bond donors (Lipinski definition) is 1. The lowest BCUT2D eigenvalue weighted by Gasteiger charge is -2.35. The summed E-state index contributed by atoms with van der Waals surface area (Å²) in [6.07, 6.45) is 1.47. The first-order valence-corrected chi connectivity index (χ1v) is 9.34. The molecule has 1 aliphatic heterocycles. The third-order valence-corrected chi connectivity index (χ3v) is 6.87. The molecule has 2 heterocycles. The molecule has 24 heavy (non-hydrogen) atoms. The van der Waals surface area contributed by atoms with Crippen molar-refractivity contribution in [3.05, 3.63) is 52.3 Å². The van der Waals surface area contributed by atoms with Crippen LogP contribution in [-0.2, 0) is 21.4 Å². The maximum atomic E-state index is 13.1. The quantitative estimate of drug-likeness (QED) is 0.872. The van der Waals surface area contributed by atoms with Gasteiger partial charge in [-0.05, 0) is 24.3 Å². The zero-order valence-corrected chi connectivity index (χ0v) is 14.7. The summed E-state index contributed by atoms with van der Waals surface area (Å²) in [6, 6.07) is 7.07. The molecule has 1 aliphatic rings. The van der Waals surface area contributed by atoms with Gasteiger partial charge >= 0.3 is 5.97 Å². The lowest BCUT2D eigenvalue weighted by Crippen LogP contribution is -2.42. The van der Waals surface area contributed by atoms with Crippen LogP contribution in [0.25, 0.3) is 0 Å². The third kappa shape index (κ3) is 2.93. The summed E-state index contributed by atoms with van der Waals surface area (Å²) in [7, 11) is -3.99. The van der Waals surface area contributed by atoms with E-state index in [0.29, 0.717) is 12.2 Å². The van der Waals surface area contributed by atoms with Gasteiger partial charge < -0.3 is 9.67 Å². The van der Waals surface area contributed by atoms with Crippen LogP contribution in [0.1, 0.15) is 18.2 Å². The second-order valence-electron chi connectivity index (χ2n) is 5.41. The number of hydrogen-bond acceptors (Lipinski definition) is 3. The summed E-state index contributed by atoms with van der Waals surface area (Å²) in [5.41, 5.74) is 0.644. The number of benzene rings is 1. The third-order valence-electron chi connectivity index (χ3n) is 3.99. The highest BCUT2D eigenvalue weighted by atomic mass is 35.5. The Bertz CT molecular complexity index is 895. The number of carboxylic acids is 1. The van der Waals surface area contributed by atoms with Crippen LogP contribution >= 0.6 is 23.2 Å². The van der Waals surface area contributed by atoms with E-state index < -0.39 is 22.0 Å². The molecular formula is C15H14Cl2N2O4S. The van der Waals surface area contributed by atoms with Gasteiger partial charge in [0.05, 0.1) is 22.5 Å². The van der Waals surface area contributed by atoms with Crippen molar-refractivity contribution in [2.24, 2.45) is 0 Å². The fraction of sp³-hybridized carbons (Fsp3) is 0.267. The smallest absolute Gasteiger partial charge is 0.305 e. The second kappa shape index (κ2) is 6.40. The molecule has 1 unspecified atom stereocenters. The number of rotatable bonds is 4. The maximum Gasteiger partial charge on any atom is 0.305 e. The van der Waals surface area contributed by atoms with Crippen molar-refractivity contribution < 1.29 is 18.3 Å². The van der Waals surface area contributed by atoms with Crippen LogP contribution in [0.15, 0.2) is 41.4 Å². The summed E-state index contributed by atoms with van der Waals surface area (Å²) in [5, 5.41) is 9.28. The molecule has 0 bridgehead atoms. The van der Waals surface area contributed by atoms with Gasteiger partial charge in [-0.15, -0.1) is 0 Å². The minimum Gasteiger partial charge on any atom is -0.481 e. The Morgan fingerprint density at radius 2 is 1.96 bits per heavy atom. The fourth-order valence-corrected chi connectivity index (χ4v) is 5.24. The molecule has 2 aromatic rings. The van der Waals surface area contributed by atoms with E-state index in [1.54, 1.807) is 18.3 Å². The van der Waals surface area contributed by atoms with Gasteiger partial charge in [-0.25, -0.2) is 8.42 Å². The normalized spacial score (nSPS) is 18.3. The summed E-state index contributed by atoms with van der Waals surface area (Å²) >= 11 is 12.0. The number of carboxylic acid groups (broad SMARTS) is 1. The average molecular weight is 389 g/mol. The van der Waals surface area contributed by atoms with Crippen molar-refractivity contribution in [1.29, 1.82) is 0 Å². The van der Waals surface area contributed by atoms with Crippen LogP contribution in [0.2, 0.25) is 10.0 Å². The number of aliphatic carboxylic acids is 1. The van der Waals surface area contributed by atoms with Crippen molar-refractivity contribution in [3.63, 3.8) is 0 Å². The van der Waals surface area contributed by atoms with E-state index >= 15 is 0 Å².